The summed E-state index contributed by atoms with van der Waals surface area (Å²) in [4.78, 5) is 17.2. The maximum atomic E-state index is 12.5. The van der Waals surface area contributed by atoms with Crippen molar-refractivity contribution in [2.75, 3.05) is 5.32 Å². The molecule has 0 saturated heterocycles. The topological polar surface area (TPSA) is 68.3 Å². The van der Waals surface area contributed by atoms with Crippen LogP contribution in [0.15, 0.2) is 81.6 Å². The molecule has 5 nitrogen and oxygen atoms in total. The third kappa shape index (κ3) is 3.70. The molecular weight excluding hydrogens is 388 g/mol. The van der Waals surface area contributed by atoms with Crippen LogP contribution in [0.25, 0.3) is 33.5 Å². The molecule has 0 unspecified atom stereocenters. The molecule has 0 aliphatic carbocycles. The minimum absolute atomic E-state index is 0.279. The number of fused-ring (bicyclic) bond motifs is 2. The average Bonchev–Trinajstić information content (AvgIpc) is 3.42. The molecule has 0 bridgehead atoms. The Bertz CT molecular complexity index is 1350. The van der Waals surface area contributed by atoms with Gasteiger partial charge >= 0.3 is 0 Å². The quantitative estimate of drug-likeness (QED) is 0.338. The molecule has 1 atom stereocenters. The number of anilines is 1. The number of oxazole rings is 1. The van der Waals surface area contributed by atoms with Crippen molar-refractivity contribution in [3.8, 4) is 11.5 Å². The summed E-state index contributed by atoms with van der Waals surface area (Å²) in [5, 5.41) is 3.77. The molecule has 5 aromatic rings. The van der Waals surface area contributed by atoms with Gasteiger partial charge in [-0.1, -0.05) is 38.1 Å². The molecule has 2 heterocycles. The molecule has 0 radical (unpaired) electrons. The number of hydrogen-bond acceptors (Lipinski definition) is 4. The van der Waals surface area contributed by atoms with E-state index in [1.807, 2.05) is 54.6 Å². The number of hydrogen-bond donors (Lipinski definition) is 1. The largest absolute Gasteiger partial charge is 0.451 e. The predicted octanol–water partition coefficient (Wildman–Crippen LogP) is 7.01. The molecule has 0 saturated carbocycles. The SMILES string of the molecule is CC[C@@H](C)c1ccc2oc(-c3ccc(NC(=O)c4cc5ccccc5o4)cc3)nc2c1. The van der Waals surface area contributed by atoms with Gasteiger partial charge in [0.15, 0.2) is 11.3 Å². The number of carbonyl (C=O) groups excluding carboxylic acids is 1. The Morgan fingerprint density at radius 2 is 1.77 bits per heavy atom. The van der Waals surface area contributed by atoms with Crippen molar-refractivity contribution in [1.29, 1.82) is 0 Å². The molecule has 0 spiro atoms. The second-order valence-corrected chi connectivity index (χ2v) is 7.74. The first-order valence-electron chi connectivity index (χ1n) is 10.4. The molecule has 2 aromatic heterocycles. The summed E-state index contributed by atoms with van der Waals surface area (Å²) in [7, 11) is 0. The van der Waals surface area contributed by atoms with Crippen molar-refractivity contribution < 1.29 is 13.6 Å². The fourth-order valence-electron chi connectivity index (χ4n) is 3.59. The highest BCUT2D eigenvalue weighted by molar-refractivity contribution is 6.04. The minimum atomic E-state index is -0.289. The van der Waals surface area contributed by atoms with Gasteiger partial charge in [-0.15, -0.1) is 0 Å². The summed E-state index contributed by atoms with van der Waals surface area (Å²) in [6, 6.07) is 22.9. The number of benzene rings is 3. The summed E-state index contributed by atoms with van der Waals surface area (Å²) in [5.41, 5.74) is 5.10. The summed E-state index contributed by atoms with van der Waals surface area (Å²) < 4.78 is 11.6. The van der Waals surface area contributed by atoms with Gasteiger partial charge in [-0.05, 0) is 66.4 Å². The molecular formula is C26H22N2O3. The highest BCUT2D eigenvalue weighted by Crippen LogP contribution is 2.29. The number of furan rings is 1. The lowest BCUT2D eigenvalue weighted by Crippen LogP contribution is -2.10. The average molecular weight is 410 g/mol. The van der Waals surface area contributed by atoms with E-state index in [1.165, 1.54) is 5.56 Å². The van der Waals surface area contributed by atoms with Crippen LogP contribution in [0.5, 0.6) is 0 Å². The van der Waals surface area contributed by atoms with Gasteiger partial charge in [0.1, 0.15) is 11.1 Å². The lowest BCUT2D eigenvalue weighted by Gasteiger charge is -2.07. The summed E-state index contributed by atoms with van der Waals surface area (Å²) in [6.45, 7) is 4.39. The van der Waals surface area contributed by atoms with Gasteiger partial charge in [-0.25, -0.2) is 4.98 Å². The van der Waals surface area contributed by atoms with E-state index in [0.29, 0.717) is 23.1 Å². The number of carbonyl (C=O) groups is 1. The van der Waals surface area contributed by atoms with Crippen molar-refractivity contribution >= 4 is 33.7 Å². The zero-order valence-electron chi connectivity index (χ0n) is 17.4. The van der Waals surface area contributed by atoms with Crippen molar-refractivity contribution in [3.63, 3.8) is 0 Å². The third-order valence-corrected chi connectivity index (χ3v) is 5.63. The Morgan fingerprint density at radius 3 is 2.55 bits per heavy atom. The van der Waals surface area contributed by atoms with E-state index in [-0.39, 0.29) is 11.7 Å². The predicted molar refractivity (Wildman–Crippen MR) is 122 cm³/mol. The maximum absolute atomic E-state index is 12.5. The lowest BCUT2D eigenvalue weighted by atomic mass is 9.98. The number of nitrogens with zero attached hydrogens (tertiary/aromatic N) is 1. The highest BCUT2D eigenvalue weighted by atomic mass is 16.4. The number of para-hydroxylation sites is 1. The second kappa shape index (κ2) is 7.76. The van der Waals surface area contributed by atoms with E-state index in [0.717, 1.165) is 28.5 Å². The first-order chi connectivity index (χ1) is 15.1. The Labute approximate surface area is 179 Å². The van der Waals surface area contributed by atoms with Crippen LogP contribution in [0.3, 0.4) is 0 Å². The van der Waals surface area contributed by atoms with Crippen LogP contribution < -0.4 is 5.32 Å². The second-order valence-electron chi connectivity index (χ2n) is 7.74. The van der Waals surface area contributed by atoms with Crippen LogP contribution in [0.2, 0.25) is 0 Å². The van der Waals surface area contributed by atoms with Gasteiger partial charge in [0.2, 0.25) is 5.89 Å². The van der Waals surface area contributed by atoms with Gasteiger partial charge in [0, 0.05) is 16.6 Å². The number of rotatable bonds is 5. The van der Waals surface area contributed by atoms with Crippen LogP contribution >= 0.6 is 0 Å². The molecule has 3 aromatic carbocycles. The Kier molecular flexibility index (Phi) is 4.79. The monoisotopic (exact) mass is 410 g/mol. The first kappa shape index (κ1) is 19.1. The van der Waals surface area contributed by atoms with E-state index in [2.05, 4.69) is 36.3 Å². The van der Waals surface area contributed by atoms with Crippen LogP contribution in [0.1, 0.15) is 42.3 Å². The fourth-order valence-corrected chi connectivity index (χ4v) is 3.59. The van der Waals surface area contributed by atoms with E-state index in [1.54, 1.807) is 6.07 Å². The smallest absolute Gasteiger partial charge is 0.291 e. The van der Waals surface area contributed by atoms with Crippen LogP contribution in [0.4, 0.5) is 5.69 Å². The number of nitrogens with one attached hydrogen (secondary N) is 1. The van der Waals surface area contributed by atoms with Crippen LogP contribution in [0, 0.1) is 0 Å². The van der Waals surface area contributed by atoms with Crippen molar-refractivity contribution in [2.45, 2.75) is 26.2 Å². The van der Waals surface area contributed by atoms with E-state index < -0.39 is 0 Å². The molecule has 0 aliphatic heterocycles. The lowest BCUT2D eigenvalue weighted by molar-refractivity contribution is 0.0998. The Morgan fingerprint density at radius 1 is 0.968 bits per heavy atom. The standard InChI is InChI=1S/C26H22N2O3/c1-3-16(2)18-10-13-23-21(14-18)28-26(31-23)17-8-11-20(12-9-17)27-25(29)24-15-19-6-4-5-7-22(19)30-24/h4-16H,3H2,1-2H3,(H,27,29)/t16-/m1/s1. The summed E-state index contributed by atoms with van der Waals surface area (Å²) in [6.07, 6.45) is 1.08. The Hall–Kier alpha value is -3.86. The van der Waals surface area contributed by atoms with E-state index >= 15 is 0 Å². The van der Waals surface area contributed by atoms with Gasteiger partial charge in [0.25, 0.3) is 5.91 Å². The molecule has 154 valence electrons. The third-order valence-electron chi connectivity index (χ3n) is 5.63. The fraction of sp³-hybridized carbons (Fsp3) is 0.154. The van der Waals surface area contributed by atoms with Crippen LogP contribution in [-0.2, 0) is 0 Å². The van der Waals surface area contributed by atoms with Crippen molar-refractivity contribution in [3.05, 3.63) is 84.1 Å². The van der Waals surface area contributed by atoms with E-state index in [9.17, 15) is 4.79 Å². The summed E-state index contributed by atoms with van der Waals surface area (Å²) >= 11 is 0. The van der Waals surface area contributed by atoms with Gasteiger partial charge in [-0.2, -0.15) is 0 Å². The maximum Gasteiger partial charge on any atom is 0.291 e. The molecule has 0 aliphatic rings. The van der Waals surface area contributed by atoms with E-state index in [4.69, 9.17) is 8.83 Å². The first-order valence-corrected chi connectivity index (χ1v) is 10.4. The molecule has 1 amide bonds. The molecule has 5 rings (SSSR count). The highest BCUT2D eigenvalue weighted by Gasteiger charge is 2.14. The Balaban J connectivity index is 1.35. The number of amides is 1. The normalized spacial score (nSPS) is 12.3. The van der Waals surface area contributed by atoms with Crippen LogP contribution in [-0.4, -0.2) is 10.9 Å². The molecule has 31 heavy (non-hydrogen) atoms. The molecule has 5 heteroatoms. The summed E-state index contributed by atoms with van der Waals surface area (Å²) in [5.74, 6) is 1.04. The zero-order valence-corrected chi connectivity index (χ0v) is 17.4. The zero-order chi connectivity index (χ0) is 21.4. The van der Waals surface area contributed by atoms with Crippen molar-refractivity contribution in [1.82, 2.24) is 4.98 Å². The minimum Gasteiger partial charge on any atom is -0.451 e. The molecule has 0 fully saturated rings. The van der Waals surface area contributed by atoms with Gasteiger partial charge in [-0.3, -0.25) is 4.79 Å². The number of aromatic nitrogens is 1. The molecule has 1 N–H and O–H groups in total. The van der Waals surface area contributed by atoms with Gasteiger partial charge in [0.05, 0.1) is 0 Å². The van der Waals surface area contributed by atoms with Crippen molar-refractivity contribution in [2.24, 2.45) is 0 Å². The van der Waals surface area contributed by atoms with Gasteiger partial charge < -0.3 is 14.2 Å².